The van der Waals surface area contributed by atoms with E-state index >= 15 is 4.79 Å². The number of halogens is 3. The van der Waals surface area contributed by atoms with Crippen LogP contribution in [0.2, 0.25) is 0 Å². The number of hydrazine groups is 1. The Balaban J connectivity index is 1.47. The van der Waals surface area contributed by atoms with Gasteiger partial charge in [0.1, 0.15) is 11.5 Å². The molecule has 1 saturated carbocycles. The minimum atomic E-state index is -5.10. The molecule has 11 nitrogen and oxygen atoms in total. The first-order chi connectivity index (χ1) is 23.8. The molecule has 3 aromatic rings. The zero-order chi connectivity index (χ0) is 35.7. The number of likely N-dealkylation sites (tertiary alicyclic amines) is 1. The van der Waals surface area contributed by atoms with Crippen LogP contribution in [0, 0.1) is 30.6 Å². The number of phenols is 1. The van der Waals surface area contributed by atoms with Crippen molar-refractivity contribution in [2.24, 2.45) is 23.7 Å². The van der Waals surface area contributed by atoms with Crippen molar-refractivity contribution in [1.29, 1.82) is 0 Å². The summed E-state index contributed by atoms with van der Waals surface area (Å²) in [7, 11) is 1.02. The number of fused-ring (bicyclic) bond motifs is 4. The van der Waals surface area contributed by atoms with Gasteiger partial charge in [0.25, 0.3) is 11.8 Å². The van der Waals surface area contributed by atoms with E-state index in [1.165, 1.54) is 0 Å². The van der Waals surface area contributed by atoms with Crippen molar-refractivity contribution in [3.05, 3.63) is 101 Å². The molecule has 0 unspecified atom stereocenters. The molecule has 4 aliphatic rings. The number of hydrogen-bond donors (Lipinski definition) is 2. The van der Waals surface area contributed by atoms with E-state index in [4.69, 9.17) is 4.74 Å². The van der Waals surface area contributed by atoms with E-state index < -0.39 is 82.6 Å². The predicted octanol–water partition coefficient (Wildman–Crippen LogP) is 5.35. The number of anilines is 1. The van der Waals surface area contributed by atoms with Crippen LogP contribution >= 0.6 is 0 Å². The maximum absolute atomic E-state index is 15.1. The normalized spacial score (nSPS) is 27.4. The number of imide groups is 4. The van der Waals surface area contributed by atoms with Gasteiger partial charge in [0.15, 0.2) is 0 Å². The quantitative estimate of drug-likeness (QED) is 0.268. The van der Waals surface area contributed by atoms with Crippen molar-refractivity contribution < 1.29 is 51.7 Å². The highest BCUT2D eigenvalue weighted by molar-refractivity contribution is 6.16. The topological polar surface area (TPSA) is 143 Å². The van der Waals surface area contributed by atoms with Gasteiger partial charge in [-0.1, -0.05) is 59.7 Å². The fraction of sp³-hybridized carbons (Fsp3) is 0.306. The van der Waals surface area contributed by atoms with E-state index in [0.29, 0.717) is 21.7 Å². The molecular formula is C36H30F3N3O8. The summed E-state index contributed by atoms with van der Waals surface area (Å²) in [5.74, 6) is -9.89. The molecule has 0 spiro atoms. The molecule has 2 heterocycles. The number of carbonyl (C=O) groups excluding carboxylic acids is 5. The lowest BCUT2D eigenvalue weighted by molar-refractivity contribution is -0.274. The summed E-state index contributed by atoms with van der Waals surface area (Å²) in [6, 6.07) is 18.1. The average Bonchev–Trinajstić information content (AvgIpc) is 3.47. The first-order valence-corrected chi connectivity index (χ1v) is 15.8. The number of ether oxygens (including phenoxy) is 2. The van der Waals surface area contributed by atoms with Gasteiger partial charge < -0.3 is 14.6 Å². The number of amides is 5. The van der Waals surface area contributed by atoms with Gasteiger partial charge >= 0.3 is 12.5 Å². The molecule has 14 heteroatoms. The number of aromatic hydroxyl groups is 1. The second kappa shape index (κ2) is 11.7. The smallest absolute Gasteiger partial charge is 0.508 e. The molecule has 3 fully saturated rings. The van der Waals surface area contributed by atoms with Gasteiger partial charge in [0.2, 0.25) is 11.8 Å². The van der Waals surface area contributed by atoms with Crippen LogP contribution in [0.3, 0.4) is 0 Å². The Hall–Kier alpha value is -5.66. The van der Waals surface area contributed by atoms with Crippen LogP contribution in [0.25, 0.3) is 0 Å². The summed E-state index contributed by atoms with van der Waals surface area (Å²) < 4.78 is 49.3. The Morgan fingerprint density at radius 3 is 2.30 bits per heavy atom. The summed E-state index contributed by atoms with van der Waals surface area (Å²) in [6.07, 6.45) is -4.83. The van der Waals surface area contributed by atoms with Crippen LogP contribution in [0.1, 0.15) is 35.4 Å². The third-order valence-electron chi connectivity index (χ3n) is 10.3. The van der Waals surface area contributed by atoms with Crippen molar-refractivity contribution in [2.75, 3.05) is 12.5 Å². The molecule has 2 saturated heterocycles. The lowest BCUT2D eigenvalue weighted by Crippen LogP contribution is -2.53. The van der Waals surface area contributed by atoms with E-state index in [0.717, 1.165) is 35.9 Å². The number of hydrogen-bond acceptors (Lipinski definition) is 9. The highest BCUT2D eigenvalue weighted by atomic mass is 19.4. The molecule has 0 radical (unpaired) electrons. The molecule has 7 rings (SSSR count). The molecule has 6 atom stereocenters. The summed E-state index contributed by atoms with van der Waals surface area (Å²) in [4.78, 5) is 69.9. The number of nitrogens with zero attached hydrogens (tertiary/aromatic N) is 2. The molecule has 50 heavy (non-hydrogen) atoms. The SMILES string of the molecule is COC(=O)N1C(=O)[C@H]2[C@H](CC=C3[C@H]2C[C@H]2C(=O)N(Nc4ccc(C)cc4)C(=O)[C@@]2(c2ccccc2)[C@H]3c2cc(OC(F)(F)F)ccc2O)C1=O. The van der Waals surface area contributed by atoms with Gasteiger partial charge in [-0.2, -0.15) is 9.91 Å². The van der Waals surface area contributed by atoms with Crippen molar-refractivity contribution in [2.45, 2.75) is 37.5 Å². The van der Waals surface area contributed by atoms with Gasteiger partial charge in [-0.3, -0.25) is 24.6 Å². The van der Waals surface area contributed by atoms with E-state index in [1.54, 1.807) is 60.7 Å². The van der Waals surface area contributed by atoms with Gasteiger partial charge in [-0.15, -0.1) is 13.2 Å². The zero-order valence-electron chi connectivity index (χ0n) is 26.6. The van der Waals surface area contributed by atoms with Gasteiger partial charge in [-0.25, -0.2) is 4.79 Å². The third kappa shape index (κ3) is 4.91. The van der Waals surface area contributed by atoms with Gasteiger partial charge in [-0.05, 0) is 61.6 Å². The van der Waals surface area contributed by atoms with Crippen molar-refractivity contribution in [3.63, 3.8) is 0 Å². The summed E-state index contributed by atoms with van der Waals surface area (Å²) in [5.41, 5.74) is 2.92. The van der Waals surface area contributed by atoms with Crippen LogP contribution in [0.5, 0.6) is 11.5 Å². The van der Waals surface area contributed by atoms with E-state index in [1.807, 2.05) is 6.92 Å². The molecule has 3 aromatic carbocycles. The Bertz CT molecular complexity index is 1960. The minimum absolute atomic E-state index is 0.0619. The first kappa shape index (κ1) is 32.9. The molecule has 2 aliphatic heterocycles. The highest BCUT2D eigenvalue weighted by Gasteiger charge is 2.71. The van der Waals surface area contributed by atoms with Crippen LogP contribution in [0.15, 0.2) is 84.4 Å². The lowest BCUT2D eigenvalue weighted by Gasteiger charge is -2.50. The third-order valence-corrected chi connectivity index (χ3v) is 10.3. The Morgan fingerprint density at radius 1 is 0.940 bits per heavy atom. The number of nitrogens with one attached hydrogen (secondary N) is 1. The standard InChI is InChI=1S/C36H30F3N3O8/c1-18-8-10-20(11-9-18)40-42-31(45)26-17-24-22(13-14-23-28(24)32(46)41(30(23)44)34(48)49-2)29(35(26,33(42)47)19-6-4-3-5-7-19)25-16-21(12-15-27(25)43)50-36(37,38)39/h3-13,15-16,23-24,26,28-29,40,43H,14,17H2,1-2H3/t23-,24+,26-,28-,29+,35+/m0/s1. The van der Waals surface area contributed by atoms with Crippen LogP contribution in [-0.2, 0) is 29.3 Å². The average molecular weight is 690 g/mol. The van der Waals surface area contributed by atoms with Crippen LogP contribution in [-0.4, -0.2) is 58.2 Å². The largest absolute Gasteiger partial charge is 0.573 e. The number of carbonyl (C=O) groups is 5. The summed E-state index contributed by atoms with van der Waals surface area (Å²) >= 11 is 0. The zero-order valence-corrected chi connectivity index (χ0v) is 26.6. The second-order valence-electron chi connectivity index (χ2n) is 12.8. The molecule has 0 aromatic heterocycles. The number of rotatable bonds is 5. The number of phenolic OH excluding ortho intramolecular Hbond substituents is 1. The lowest BCUT2D eigenvalue weighted by atomic mass is 9.49. The molecular weight excluding hydrogens is 659 g/mol. The van der Waals surface area contributed by atoms with Gasteiger partial charge in [0.05, 0.1) is 36.0 Å². The fourth-order valence-electron chi connectivity index (χ4n) is 8.32. The number of alkyl halides is 3. The van der Waals surface area contributed by atoms with Crippen LogP contribution in [0.4, 0.5) is 23.7 Å². The Morgan fingerprint density at radius 2 is 1.64 bits per heavy atom. The van der Waals surface area contributed by atoms with Gasteiger partial charge in [0, 0.05) is 11.5 Å². The molecule has 5 amide bonds. The van der Waals surface area contributed by atoms with E-state index in [2.05, 4.69) is 10.2 Å². The summed E-state index contributed by atoms with van der Waals surface area (Å²) in [5, 5.41) is 12.3. The monoisotopic (exact) mass is 689 g/mol. The molecule has 2 N–H and O–H groups in total. The second-order valence-corrected chi connectivity index (χ2v) is 12.8. The fourth-order valence-corrected chi connectivity index (χ4v) is 8.32. The van der Waals surface area contributed by atoms with Crippen molar-refractivity contribution in [1.82, 2.24) is 9.91 Å². The number of benzene rings is 3. The number of methoxy groups -OCH3 is 1. The molecule has 2 aliphatic carbocycles. The van der Waals surface area contributed by atoms with Crippen LogP contribution < -0.4 is 10.2 Å². The highest BCUT2D eigenvalue weighted by Crippen LogP contribution is 2.65. The summed E-state index contributed by atoms with van der Waals surface area (Å²) in [6.45, 7) is 1.86. The molecule has 0 bridgehead atoms. The van der Waals surface area contributed by atoms with Crippen molar-refractivity contribution in [3.8, 4) is 11.5 Å². The number of aryl methyl sites for hydroxylation is 1. The Labute approximate surface area is 283 Å². The maximum Gasteiger partial charge on any atom is 0.573 e. The van der Waals surface area contributed by atoms with E-state index in [-0.39, 0.29) is 18.4 Å². The van der Waals surface area contributed by atoms with E-state index in [9.17, 15) is 37.5 Å². The minimum Gasteiger partial charge on any atom is -0.508 e. The van der Waals surface area contributed by atoms with Crippen molar-refractivity contribution >= 4 is 35.4 Å². The first-order valence-electron chi connectivity index (χ1n) is 15.8. The predicted molar refractivity (Wildman–Crippen MR) is 168 cm³/mol. The Kier molecular flexibility index (Phi) is 7.72. The maximum atomic E-state index is 15.1. The molecule has 258 valence electrons. The number of allylic oxidation sites excluding steroid dienone is 2.